The molecular formula is C18H20N2O6. The minimum absolute atomic E-state index is 0.0576. The largest absolute Gasteiger partial charge is 0.496 e. The Morgan fingerprint density at radius 1 is 1.42 bits per heavy atom. The summed E-state index contributed by atoms with van der Waals surface area (Å²) in [5, 5.41) is 30.5. The standard InChI is InChI=1S/C18H20N2O6/c1-24-13-5-3-4-11-15(13)10(6-7-19)9-20(11)17-16(22)12(21)8-14(26-17)18(23)25-2/h3-5,9,12,14,16-17,21-22H,6,8H2,1-2H3/t12-,14-,16-,17-/m0/s1. The second-order valence-corrected chi connectivity index (χ2v) is 6.08. The molecule has 1 fully saturated rings. The van der Waals surface area contributed by atoms with Crippen LogP contribution in [0.1, 0.15) is 18.2 Å². The Morgan fingerprint density at radius 3 is 2.85 bits per heavy atom. The molecule has 0 saturated carbocycles. The van der Waals surface area contributed by atoms with Gasteiger partial charge in [0.1, 0.15) is 11.9 Å². The van der Waals surface area contributed by atoms with Gasteiger partial charge in [-0.3, -0.25) is 0 Å². The molecule has 3 rings (SSSR count). The maximum atomic E-state index is 11.9. The lowest BCUT2D eigenvalue weighted by Crippen LogP contribution is -2.48. The maximum absolute atomic E-state index is 11.9. The van der Waals surface area contributed by atoms with Crippen LogP contribution in [-0.4, -0.2) is 53.3 Å². The van der Waals surface area contributed by atoms with E-state index < -0.39 is 30.5 Å². The summed E-state index contributed by atoms with van der Waals surface area (Å²) in [5.74, 6) is -0.0332. The van der Waals surface area contributed by atoms with Gasteiger partial charge < -0.3 is 29.0 Å². The molecule has 138 valence electrons. The Bertz CT molecular complexity index is 855. The zero-order chi connectivity index (χ0) is 18.8. The van der Waals surface area contributed by atoms with Crippen molar-refractivity contribution in [2.45, 2.75) is 37.4 Å². The highest BCUT2D eigenvalue weighted by Gasteiger charge is 2.41. The summed E-state index contributed by atoms with van der Waals surface area (Å²) in [6.45, 7) is 0. The van der Waals surface area contributed by atoms with E-state index in [1.165, 1.54) is 14.2 Å². The van der Waals surface area contributed by atoms with Crippen LogP contribution in [0.2, 0.25) is 0 Å². The van der Waals surface area contributed by atoms with Gasteiger partial charge in [0, 0.05) is 18.0 Å². The predicted octanol–water partition coefficient (Wildman–Crippen LogP) is 0.898. The van der Waals surface area contributed by atoms with Crippen LogP contribution in [-0.2, 0) is 20.7 Å². The number of nitrogens with zero attached hydrogens (tertiary/aromatic N) is 2. The van der Waals surface area contributed by atoms with Crippen LogP contribution in [0.25, 0.3) is 10.9 Å². The number of fused-ring (bicyclic) bond motifs is 1. The first-order chi connectivity index (χ1) is 12.5. The predicted molar refractivity (Wildman–Crippen MR) is 90.4 cm³/mol. The molecule has 1 aliphatic heterocycles. The van der Waals surface area contributed by atoms with Crippen LogP contribution in [0, 0.1) is 11.3 Å². The fraction of sp³-hybridized carbons (Fsp3) is 0.444. The molecule has 2 heterocycles. The fourth-order valence-corrected chi connectivity index (χ4v) is 3.33. The van der Waals surface area contributed by atoms with Crippen molar-refractivity contribution in [3.63, 3.8) is 0 Å². The number of esters is 1. The number of nitriles is 1. The topological polar surface area (TPSA) is 114 Å². The van der Waals surface area contributed by atoms with Gasteiger partial charge in [-0.25, -0.2) is 4.79 Å². The van der Waals surface area contributed by atoms with E-state index in [2.05, 4.69) is 6.07 Å². The minimum Gasteiger partial charge on any atom is -0.496 e. The minimum atomic E-state index is -1.24. The lowest BCUT2D eigenvalue weighted by Gasteiger charge is -2.36. The Morgan fingerprint density at radius 2 is 2.19 bits per heavy atom. The first kappa shape index (κ1) is 18.2. The smallest absolute Gasteiger partial charge is 0.335 e. The SMILES string of the molecule is COC(=O)[C@@H]1C[C@H](O)[C@H](O)[C@@H](n2cc(CC#N)c3c(OC)cccc32)O1. The molecule has 8 nitrogen and oxygen atoms in total. The van der Waals surface area contributed by atoms with Gasteiger partial charge in [0.05, 0.1) is 38.3 Å². The monoisotopic (exact) mass is 360 g/mol. The first-order valence-corrected chi connectivity index (χ1v) is 8.14. The Balaban J connectivity index is 2.11. The van der Waals surface area contributed by atoms with Gasteiger partial charge in [-0.15, -0.1) is 0 Å². The molecule has 1 saturated heterocycles. The molecule has 0 radical (unpaired) electrons. The van der Waals surface area contributed by atoms with Gasteiger partial charge in [0.15, 0.2) is 12.3 Å². The summed E-state index contributed by atoms with van der Waals surface area (Å²) in [7, 11) is 2.77. The van der Waals surface area contributed by atoms with Gasteiger partial charge in [-0.1, -0.05) is 6.07 Å². The molecule has 0 spiro atoms. The van der Waals surface area contributed by atoms with E-state index in [1.807, 2.05) is 0 Å². The third kappa shape index (κ3) is 3.01. The number of rotatable bonds is 4. The van der Waals surface area contributed by atoms with Crippen LogP contribution in [0.15, 0.2) is 24.4 Å². The highest BCUT2D eigenvalue weighted by molar-refractivity contribution is 5.90. The van der Waals surface area contributed by atoms with Gasteiger partial charge in [-0.2, -0.15) is 5.26 Å². The number of aliphatic hydroxyl groups excluding tert-OH is 2. The van der Waals surface area contributed by atoms with E-state index in [9.17, 15) is 15.0 Å². The lowest BCUT2D eigenvalue weighted by atomic mass is 10.0. The number of benzene rings is 1. The zero-order valence-electron chi connectivity index (χ0n) is 14.5. The highest BCUT2D eigenvalue weighted by atomic mass is 16.6. The quantitative estimate of drug-likeness (QED) is 0.779. The van der Waals surface area contributed by atoms with Gasteiger partial charge in [0.25, 0.3) is 0 Å². The summed E-state index contributed by atoms with van der Waals surface area (Å²) < 4.78 is 17.4. The third-order valence-corrected chi connectivity index (χ3v) is 4.57. The number of aromatic nitrogens is 1. The van der Waals surface area contributed by atoms with Crippen molar-refractivity contribution < 1.29 is 29.2 Å². The van der Waals surface area contributed by atoms with Crippen LogP contribution >= 0.6 is 0 Å². The molecule has 1 aromatic heterocycles. The Kier molecular flexibility index (Phi) is 5.13. The van der Waals surface area contributed by atoms with E-state index in [-0.39, 0.29) is 12.8 Å². The molecule has 1 aromatic carbocycles. The number of methoxy groups -OCH3 is 2. The molecule has 4 atom stereocenters. The van der Waals surface area contributed by atoms with Gasteiger partial charge in [0.2, 0.25) is 0 Å². The summed E-state index contributed by atoms with van der Waals surface area (Å²) in [4.78, 5) is 11.9. The van der Waals surface area contributed by atoms with E-state index in [0.717, 1.165) is 5.39 Å². The van der Waals surface area contributed by atoms with Crippen molar-refractivity contribution in [2.75, 3.05) is 14.2 Å². The molecule has 2 N–H and O–H groups in total. The first-order valence-electron chi connectivity index (χ1n) is 8.14. The summed E-state index contributed by atoms with van der Waals surface area (Å²) in [5.41, 5.74) is 1.36. The van der Waals surface area contributed by atoms with Gasteiger partial charge in [-0.05, 0) is 17.7 Å². The van der Waals surface area contributed by atoms with Crippen molar-refractivity contribution in [3.8, 4) is 11.8 Å². The van der Waals surface area contributed by atoms with Crippen LogP contribution < -0.4 is 4.74 Å². The number of ether oxygens (including phenoxy) is 3. The average molecular weight is 360 g/mol. The number of hydrogen-bond acceptors (Lipinski definition) is 7. The molecule has 2 aromatic rings. The number of hydrogen-bond donors (Lipinski definition) is 2. The molecule has 0 unspecified atom stereocenters. The van der Waals surface area contributed by atoms with Crippen molar-refractivity contribution in [2.24, 2.45) is 0 Å². The van der Waals surface area contributed by atoms with Crippen LogP contribution in [0.3, 0.4) is 0 Å². The average Bonchev–Trinajstić information content (AvgIpc) is 3.02. The molecule has 0 aliphatic carbocycles. The Hall–Kier alpha value is -2.60. The lowest BCUT2D eigenvalue weighted by molar-refractivity contribution is -0.209. The molecule has 26 heavy (non-hydrogen) atoms. The van der Waals surface area contributed by atoms with Crippen LogP contribution in [0.5, 0.6) is 5.75 Å². The fourth-order valence-electron chi connectivity index (χ4n) is 3.33. The molecule has 0 amide bonds. The number of carbonyl (C=O) groups excluding carboxylic acids is 1. The molecular weight excluding hydrogens is 340 g/mol. The maximum Gasteiger partial charge on any atom is 0.335 e. The number of carbonyl (C=O) groups is 1. The van der Waals surface area contributed by atoms with Crippen molar-refractivity contribution >= 4 is 16.9 Å². The second-order valence-electron chi connectivity index (χ2n) is 6.08. The number of aliphatic hydroxyl groups is 2. The zero-order valence-corrected chi connectivity index (χ0v) is 14.5. The summed E-state index contributed by atoms with van der Waals surface area (Å²) in [6, 6.07) is 7.45. The van der Waals surface area contributed by atoms with E-state index in [1.54, 1.807) is 29.0 Å². The van der Waals surface area contributed by atoms with Crippen molar-refractivity contribution in [3.05, 3.63) is 30.0 Å². The second kappa shape index (κ2) is 7.33. The normalized spacial score (nSPS) is 25.7. The van der Waals surface area contributed by atoms with E-state index >= 15 is 0 Å². The van der Waals surface area contributed by atoms with Gasteiger partial charge >= 0.3 is 5.97 Å². The highest BCUT2D eigenvalue weighted by Crippen LogP contribution is 2.36. The third-order valence-electron chi connectivity index (χ3n) is 4.57. The van der Waals surface area contributed by atoms with Crippen LogP contribution in [0.4, 0.5) is 0 Å². The Labute approximate surface area is 150 Å². The van der Waals surface area contributed by atoms with E-state index in [0.29, 0.717) is 16.8 Å². The molecule has 1 aliphatic rings. The molecule has 0 bridgehead atoms. The van der Waals surface area contributed by atoms with Crippen molar-refractivity contribution in [1.82, 2.24) is 4.57 Å². The molecule has 8 heteroatoms. The van der Waals surface area contributed by atoms with Crippen molar-refractivity contribution in [1.29, 1.82) is 5.26 Å². The summed E-state index contributed by atoms with van der Waals surface area (Å²) in [6.07, 6.45) is -2.65. The summed E-state index contributed by atoms with van der Waals surface area (Å²) >= 11 is 0. The van der Waals surface area contributed by atoms with E-state index in [4.69, 9.17) is 19.5 Å².